The molecule has 0 aliphatic rings. The van der Waals surface area contributed by atoms with Crippen LogP contribution in [-0.4, -0.2) is 25.9 Å². The monoisotopic (exact) mass is 275 g/mol. The number of carbonyl (C=O) groups excluding carboxylic acids is 1. The van der Waals surface area contributed by atoms with Crippen LogP contribution < -0.4 is 10.9 Å². The Balaban J connectivity index is 2.33. The first-order valence-electron chi connectivity index (χ1n) is 6.26. The van der Waals surface area contributed by atoms with Gasteiger partial charge in [0.05, 0.1) is 17.9 Å². The Bertz CT molecular complexity index is 688. The zero-order valence-electron chi connectivity index (χ0n) is 11.9. The van der Waals surface area contributed by atoms with Crippen molar-refractivity contribution in [3.8, 4) is 0 Å². The largest absolute Gasteiger partial charge is 0.345 e. The molecule has 1 unspecified atom stereocenters. The maximum atomic E-state index is 12.3. The molecule has 0 aliphatic heterocycles. The molecule has 0 spiro atoms. The molecule has 0 saturated heterocycles. The van der Waals surface area contributed by atoms with Crippen LogP contribution in [0.3, 0.4) is 0 Å². The minimum absolute atomic E-state index is 0.135. The van der Waals surface area contributed by atoms with Crippen molar-refractivity contribution in [1.82, 2.24) is 25.3 Å². The van der Waals surface area contributed by atoms with Gasteiger partial charge in [0, 0.05) is 18.8 Å². The van der Waals surface area contributed by atoms with Gasteiger partial charge in [0.2, 0.25) is 0 Å². The Kier molecular flexibility index (Phi) is 3.69. The minimum Gasteiger partial charge on any atom is -0.345 e. The van der Waals surface area contributed by atoms with E-state index in [0.717, 1.165) is 5.56 Å². The lowest BCUT2D eigenvalue weighted by molar-refractivity contribution is 0.0936. The lowest BCUT2D eigenvalue weighted by Gasteiger charge is -2.14. The van der Waals surface area contributed by atoms with Crippen molar-refractivity contribution in [1.29, 1.82) is 0 Å². The summed E-state index contributed by atoms with van der Waals surface area (Å²) in [6.07, 6.45) is 3.33. The highest BCUT2D eigenvalue weighted by Crippen LogP contribution is 2.12. The van der Waals surface area contributed by atoms with Crippen molar-refractivity contribution in [2.75, 3.05) is 0 Å². The molecule has 2 rings (SSSR count). The van der Waals surface area contributed by atoms with Crippen LogP contribution in [0.15, 0.2) is 17.2 Å². The Hall–Kier alpha value is -2.44. The maximum absolute atomic E-state index is 12.3. The summed E-state index contributed by atoms with van der Waals surface area (Å²) in [5.74, 6) is -0.401. The summed E-state index contributed by atoms with van der Waals surface area (Å²) in [7, 11) is 1.53. The smallest absolute Gasteiger partial charge is 0.279 e. The summed E-state index contributed by atoms with van der Waals surface area (Å²) in [5.41, 5.74) is 1.84. The number of aromatic nitrogens is 4. The van der Waals surface area contributed by atoms with Gasteiger partial charge in [0.25, 0.3) is 11.5 Å². The quantitative estimate of drug-likeness (QED) is 0.858. The number of hydrogen-bond acceptors (Lipinski definition) is 4. The topological polar surface area (TPSA) is 92.7 Å². The van der Waals surface area contributed by atoms with Gasteiger partial charge < -0.3 is 5.32 Å². The molecule has 1 atom stereocenters. The SMILES string of the molecule is Cc1nn(C)c(=O)c(C(=O)NC(C)c2cn[nH]c2)c1C. The molecule has 20 heavy (non-hydrogen) atoms. The Morgan fingerprint density at radius 3 is 2.75 bits per heavy atom. The van der Waals surface area contributed by atoms with E-state index in [2.05, 4.69) is 20.6 Å². The van der Waals surface area contributed by atoms with Crippen LogP contribution in [0.2, 0.25) is 0 Å². The predicted molar refractivity (Wildman–Crippen MR) is 73.4 cm³/mol. The van der Waals surface area contributed by atoms with Crippen molar-refractivity contribution >= 4 is 5.91 Å². The molecular formula is C13H17N5O2. The maximum Gasteiger partial charge on any atom is 0.279 e. The van der Waals surface area contributed by atoms with E-state index in [1.165, 1.54) is 11.7 Å². The van der Waals surface area contributed by atoms with E-state index in [4.69, 9.17) is 0 Å². The van der Waals surface area contributed by atoms with Crippen LogP contribution >= 0.6 is 0 Å². The van der Waals surface area contributed by atoms with Crippen molar-refractivity contribution in [3.05, 3.63) is 45.1 Å². The summed E-state index contributed by atoms with van der Waals surface area (Å²) in [6, 6.07) is -0.237. The number of amides is 1. The average Bonchev–Trinajstić information content (AvgIpc) is 2.90. The summed E-state index contributed by atoms with van der Waals surface area (Å²) >= 11 is 0. The standard InChI is InChI=1S/C13H17N5O2/c1-7-8(2)17-18(4)13(20)11(7)12(19)16-9(3)10-5-14-15-6-10/h5-6,9H,1-4H3,(H,14,15)(H,16,19). The molecule has 0 radical (unpaired) electrons. The van der Waals surface area contributed by atoms with Gasteiger partial charge in [-0.1, -0.05) is 0 Å². The van der Waals surface area contributed by atoms with Crippen LogP contribution in [0.4, 0.5) is 0 Å². The van der Waals surface area contributed by atoms with Crippen LogP contribution in [-0.2, 0) is 7.05 Å². The second kappa shape index (κ2) is 5.28. The molecule has 7 heteroatoms. The number of carbonyl (C=O) groups is 1. The molecule has 1 amide bonds. The Morgan fingerprint density at radius 2 is 2.15 bits per heavy atom. The summed E-state index contributed by atoms with van der Waals surface area (Å²) in [4.78, 5) is 24.4. The van der Waals surface area contributed by atoms with E-state index in [9.17, 15) is 9.59 Å². The normalized spacial score (nSPS) is 12.2. The van der Waals surface area contributed by atoms with E-state index in [0.29, 0.717) is 11.3 Å². The zero-order chi connectivity index (χ0) is 14.9. The summed E-state index contributed by atoms with van der Waals surface area (Å²) in [5, 5.41) is 13.4. The van der Waals surface area contributed by atoms with E-state index < -0.39 is 11.5 Å². The van der Waals surface area contributed by atoms with Gasteiger partial charge in [-0.25, -0.2) is 4.68 Å². The Labute approximate surface area is 116 Å². The van der Waals surface area contributed by atoms with Crippen LogP contribution in [0.25, 0.3) is 0 Å². The molecule has 0 aliphatic carbocycles. The van der Waals surface area contributed by atoms with E-state index in [1.54, 1.807) is 26.2 Å². The lowest BCUT2D eigenvalue weighted by atomic mass is 10.1. The number of aryl methyl sites for hydroxylation is 2. The lowest BCUT2D eigenvalue weighted by Crippen LogP contribution is -2.36. The molecule has 7 nitrogen and oxygen atoms in total. The number of nitrogens with zero attached hydrogens (tertiary/aromatic N) is 3. The van der Waals surface area contributed by atoms with E-state index in [-0.39, 0.29) is 11.6 Å². The molecular weight excluding hydrogens is 258 g/mol. The van der Waals surface area contributed by atoms with E-state index >= 15 is 0 Å². The fourth-order valence-electron chi connectivity index (χ4n) is 1.97. The number of H-pyrrole nitrogens is 1. The first-order valence-corrected chi connectivity index (χ1v) is 6.26. The Morgan fingerprint density at radius 1 is 1.45 bits per heavy atom. The van der Waals surface area contributed by atoms with Crippen LogP contribution in [0.5, 0.6) is 0 Å². The van der Waals surface area contributed by atoms with Crippen molar-refractivity contribution in [2.45, 2.75) is 26.8 Å². The number of rotatable bonds is 3. The van der Waals surface area contributed by atoms with Gasteiger partial charge >= 0.3 is 0 Å². The van der Waals surface area contributed by atoms with Gasteiger partial charge in [-0.15, -0.1) is 0 Å². The molecule has 2 heterocycles. The fourth-order valence-corrected chi connectivity index (χ4v) is 1.97. The number of nitrogens with one attached hydrogen (secondary N) is 2. The average molecular weight is 275 g/mol. The first kappa shape index (κ1) is 14.0. The van der Waals surface area contributed by atoms with Crippen LogP contribution in [0, 0.1) is 13.8 Å². The van der Waals surface area contributed by atoms with Crippen molar-refractivity contribution in [3.63, 3.8) is 0 Å². The van der Waals surface area contributed by atoms with Gasteiger partial charge in [-0.05, 0) is 26.3 Å². The third-order valence-electron chi connectivity index (χ3n) is 3.32. The summed E-state index contributed by atoms with van der Waals surface area (Å²) < 4.78 is 1.18. The highest BCUT2D eigenvalue weighted by atomic mass is 16.2. The first-order chi connectivity index (χ1) is 9.41. The van der Waals surface area contributed by atoms with Crippen LogP contribution in [0.1, 0.15) is 40.1 Å². The highest BCUT2D eigenvalue weighted by Gasteiger charge is 2.20. The minimum atomic E-state index is -0.401. The predicted octanol–water partition coefficient (Wildman–Crippen LogP) is 0.611. The molecule has 2 N–H and O–H groups in total. The number of hydrogen-bond donors (Lipinski definition) is 2. The fraction of sp³-hybridized carbons (Fsp3) is 0.385. The molecule has 2 aromatic heterocycles. The number of aromatic amines is 1. The second-order valence-corrected chi connectivity index (χ2v) is 4.74. The van der Waals surface area contributed by atoms with E-state index in [1.807, 2.05) is 6.92 Å². The van der Waals surface area contributed by atoms with Gasteiger partial charge in [-0.3, -0.25) is 14.7 Å². The molecule has 2 aromatic rings. The summed E-state index contributed by atoms with van der Waals surface area (Å²) in [6.45, 7) is 5.32. The highest BCUT2D eigenvalue weighted by molar-refractivity contribution is 5.95. The second-order valence-electron chi connectivity index (χ2n) is 4.74. The third-order valence-corrected chi connectivity index (χ3v) is 3.32. The van der Waals surface area contributed by atoms with Gasteiger partial charge in [-0.2, -0.15) is 10.2 Å². The zero-order valence-corrected chi connectivity index (χ0v) is 11.9. The van der Waals surface area contributed by atoms with Crippen molar-refractivity contribution in [2.24, 2.45) is 7.05 Å². The molecule has 0 aromatic carbocycles. The molecule has 106 valence electrons. The third kappa shape index (κ3) is 2.47. The molecule has 0 fully saturated rings. The van der Waals surface area contributed by atoms with Gasteiger partial charge in [0.15, 0.2) is 0 Å². The molecule has 0 saturated carbocycles. The van der Waals surface area contributed by atoms with Gasteiger partial charge in [0.1, 0.15) is 5.56 Å². The van der Waals surface area contributed by atoms with Crippen molar-refractivity contribution < 1.29 is 4.79 Å². The molecule has 0 bridgehead atoms.